The topological polar surface area (TPSA) is 104 Å². The van der Waals surface area contributed by atoms with Crippen molar-refractivity contribution >= 4 is 39.8 Å². The molecular formula is C22H16ClF2N5O4. The molecule has 0 aliphatic carbocycles. The number of aromatic nitrogens is 3. The van der Waals surface area contributed by atoms with Gasteiger partial charge in [-0.3, -0.25) is 10.1 Å². The third-order valence-electron chi connectivity index (χ3n) is 5.53. The second-order valence-electron chi connectivity index (χ2n) is 7.44. The quantitative estimate of drug-likeness (QED) is 0.304. The maximum atomic E-state index is 15.0. The highest BCUT2D eigenvalue weighted by Gasteiger charge is 2.27. The van der Waals surface area contributed by atoms with E-state index >= 15 is 4.39 Å². The van der Waals surface area contributed by atoms with Gasteiger partial charge in [-0.1, -0.05) is 17.7 Å². The highest BCUT2D eigenvalue weighted by atomic mass is 35.5. The SMILES string of the molecule is COc1c(Nc2ncc(F)c(-c3c4n(c5cc(Cl)ccc35)CCOC4)n2)ccc(F)c1[N+](=O)[O-]. The summed E-state index contributed by atoms with van der Waals surface area (Å²) >= 11 is 6.20. The van der Waals surface area contributed by atoms with Crippen LogP contribution in [0.1, 0.15) is 5.69 Å². The van der Waals surface area contributed by atoms with Crippen LogP contribution in [0, 0.1) is 21.7 Å². The van der Waals surface area contributed by atoms with E-state index in [0.29, 0.717) is 23.7 Å². The molecule has 2 aromatic heterocycles. The number of benzene rings is 2. The van der Waals surface area contributed by atoms with Gasteiger partial charge in [-0.2, -0.15) is 4.39 Å². The van der Waals surface area contributed by atoms with E-state index < -0.39 is 22.2 Å². The molecule has 12 heteroatoms. The molecule has 0 spiro atoms. The van der Waals surface area contributed by atoms with Crippen LogP contribution >= 0.6 is 11.6 Å². The Bertz CT molecular complexity index is 1460. The van der Waals surface area contributed by atoms with Gasteiger partial charge in [0.25, 0.3) is 0 Å². The number of nitrogens with one attached hydrogen (secondary N) is 1. The second-order valence-corrected chi connectivity index (χ2v) is 7.87. The number of ether oxygens (including phenoxy) is 2. The van der Waals surface area contributed by atoms with Gasteiger partial charge in [0.1, 0.15) is 5.69 Å². The summed E-state index contributed by atoms with van der Waals surface area (Å²) in [5, 5.41) is 15.3. The summed E-state index contributed by atoms with van der Waals surface area (Å²) in [5.41, 5.74) is 1.32. The average Bonchev–Trinajstić information content (AvgIpc) is 3.14. The second kappa shape index (κ2) is 8.50. The summed E-state index contributed by atoms with van der Waals surface area (Å²) in [4.78, 5) is 18.7. The first-order valence-corrected chi connectivity index (χ1v) is 10.5. The number of nitro groups is 1. The number of anilines is 2. The number of hydrogen-bond donors (Lipinski definition) is 1. The van der Waals surface area contributed by atoms with Gasteiger partial charge in [-0.25, -0.2) is 14.4 Å². The Balaban J connectivity index is 1.65. The average molecular weight is 488 g/mol. The third kappa shape index (κ3) is 3.58. The Kier molecular flexibility index (Phi) is 5.50. The Labute approximate surface area is 196 Å². The van der Waals surface area contributed by atoms with E-state index in [-0.39, 0.29) is 29.7 Å². The zero-order chi connectivity index (χ0) is 24.0. The standard InChI is InChI=1S/C22H16ClF2N5O4/c1-33-21-15(5-4-13(24)20(21)30(31)32)27-22-26-9-14(25)19(28-22)18-12-3-2-11(23)8-16(12)29-6-7-34-10-17(18)29/h2-5,8-9H,6-7,10H2,1H3,(H,26,27,28). The molecule has 3 heterocycles. The van der Waals surface area contributed by atoms with Crippen molar-refractivity contribution in [3.05, 3.63) is 69.0 Å². The molecule has 34 heavy (non-hydrogen) atoms. The van der Waals surface area contributed by atoms with Crippen LogP contribution in [-0.2, 0) is 17.9 Å². The van der Waals surface area contributed by atoms with Crippen molar-refractivity contribution in [2.45, 2.75) is 13.2 Å². The molecule has 0 radical (unpaired) electrons. The number of halogens is 3. The van der Waals surface area contributed by atoms with Crippen LogP contribution in [0.2, 0.25) is 5.02 Å². The molecule has 1 N–H and O–H groups in total. The van der Waals surface area contributed by atoms with Gasteiger partial charge in [0.15, 0.2) is 5.82 Å². The predicted octanol–water partition coefficient (Wildman–Crippen LogP) is 5.22. The minimum absolute atomic E-state index is 0.0136. The number of nitro benzene ring substituents is 1. The summed E-state index contributed by atoms with van der Waals surface area (Å²) in [6.45, 7) is 1.33. The van der Waals surface area contributed by atoms with Crippen molar-refractivity contribution in [3.63, 3.8) is 0 Å². The van der Waals surface area contributed by atoms with Gasteiger partial charge < -0.3 is 19.4 Å². The van der Waals surface area contributed by atoms with Gasteiger partial charge >= 0.3 is 5.69 Å². The lowest BCUT2D eigenvalue weighted by Gasteiger charge is -2.18. The molecule has 0 amide bonds. The minimum atomic E-state index is -1.06. The van der Waals surface area contributed by atoms with Gasteiger partial charge in [-0.05, 0) is 24.3 Å². The summed E-state index contributed by atoms with van der Waals surface area (Å²) in [5.74, 6) is -2.12. The fourth-order valence-electron chi connectivity index (χ4n) is 4.12. The zero-order valence-electron chi connectivity index (χ0n) is 17.6. The number of fused-ring (bicyclic) bond motifs is 3. The Morgan fingerprint density at radius 2 is 2.09 bits per heavy atom. The molecule has 2 aromatic carbocycles. The van der Waals surface area contributed by atoms with Gasteiger partial charge in [0.2, 0.25) is 17.5 Å². The van der Waals surface area contributed by atoms with Crippen molar-refractivity contribution in [1.82, 2.24) is 14.5 Å². The summed E-state index contributed by atoms with van der Waals surface area (Å²) < 4.78 is 41.7. The first kappa shape index (κ1) is 22.0. The van der Waals surface area contributed by atoms with Gasteiger partial charge in [-0.15, -0.1) is 0 Å². The fourth-order valence-corrected chi connectivity index (χ4v) is 4.28. The monoisotopic (exact) mass is 487 g/mol. The maximum absolute atomic E-state index is 15.0. The zero-order valence-corrected chi connectivity index (χ0v) is 18.4. The molecule has 0 saturated heterocycles. The van der Waals surface area contributed by atoms with E-state index in [1.807, 2.05) is 4.57 Å². The molecular weight excluding hydrogens is 472 g/mol. The largest absolute Gasteiger partial charge is 0.489 e. The third-order valence-corrected chi connectivity index (χ3v) is 5.76. The predicted molar refractivity (Wildman–Crippen MR) is 120 cm³/mol. The van der Waals surface area contributed by atoms with Crippen LogP contribution in [-0.4, -0.2) is 33.2 Å². The lowest BCUT2D eigenvalue weighted by Crippen LogP contribution is -2.16. The van der Waals surface area contributed by atoms with Gasteiger partial charge in [0, 0.05) is 22.5 Å². The Hall–Kier alpha value is -3.83. The Morgan fingerprint density at radius 3 is 2.85 bits per heavy atom. The van der Waals surface area contributed by atoms with Crippen LogP contribution in [0.3, 0.4) is 0 Å². The highest BCUT2D eigenvalue weighted by molar-refractivity contribution is 6.31. The molecule has 0 fully saturated rings. The summed E-state index contributed by atoms with van der Waals surface area (Å²) in [6.07, 6.45) is 0.991. The lowest BCUT2D eigenvalue weighted by atomic mass is 10.1. The van der Waals surface area contributed by atoms with Crippen molar-refractivity contribution in [2.75, 3.05) is 19.0 Å². The Morgan fingerprint density at radius 1 is 1.26 bits per heavy atom. The van der Waals surface area contributed by atoms with Gasteiger partial charge in [0.05, 0.1) is 48.3 Å². The molecule has 0 bridgehead atoms. The van der Waals surface area contributed by atoms with Crippen molar-refractivity contribution in [3.8, 4) is 17.0 Å². The highest BCUT2D eigenvalue weighted by Crippen LogP contribution is 2.40. The summed E-state index contributed by atoms with van der Waals surface area (Å²) in [7, 11) is 1.18. The van der Waals surface area contributed by atoms with E-state index in [2.05, 4.69) is 15.3 Å². The lowest BCUT2D eigenvalue weighted by molar-refractivity contribution is -0.388. The molecule has 1 aliphatic heterocycles. The smallest absolute Gasteiger partial charge is 0.348 e. The van der Waals surface area contributed by atoms with E-state index in [9.17, 15) is 14.5 Å². The van der Waals surface area contributed by atoms with Crippen LogP contribution < -0.4 is 10.1 Å². The van der Waals surface area contributed by atoms with Crippen molar-refractivity contribution < 1.29 is 23.2 Å². The molecule has 9 nitrogen and oxygen atoms in total. The molecule has 1 aliphatic rings. The van der Waals surface area contributed by atoms with Crippen LogP contribution in [0.15, 0.2) is 36.5 Å². The van der Waals surface area contributed by atoms with Crippen LogP contribution in [0.5, 0.6) is 5.75 Å². The van der Waals surface area contributed by atoms with E-state index in [0.717, 1.165) is 28.9 Å². The first-order chi connectivity index (χ1) is 16.4. The number of nitrogens with zero attached hydrogens (tertiary/aromatic N) is 4. The van der Waals surface area contributed by atoms with Crippen LogP contribution in [0.25, 0.3) is 22.2 Å². The normalized spacial score (nSPS) is 13.1. The van der Waals surface area contributed by atoms with Crippen LogP contribution in [0.4, 0.5) is 26.1 Å². The minimum Gasteiger partial charge on any atom is -0.489 e. The fraction of sp³-hybridized carbons (Fsp3) is 0.182. The van der Waals surface area contributed by atoms with Crippen molar-refractivity contribution in [1.29, 1.82) is 0 Å². The number of methoxy groups -OCH3 is 1. The molecule has 4 aromatic rings. The molecule has 5 rings (SSSR count). The number of rotatable bonds is 5. The number of hydrogen-bond acceptors (Lipinski definition) is 7. The molecule has 0 saturated carbocycles. The first-order valence-electron chi connectivity index (χ1n) is 10.1. The molecule has 0 unspecified atom stereocenters. The molecule has 0 atom stereocenters. The molecule has 174 valence electrons. The van der Waals surface area contributed by atoms with Crippen molar-refractivity contribution in [2.24, 2.45) is 0 Å². The van der Waals surface area contributed by atoms with E-state index in [4.69, 9.17) is 21.1 Å². The van der Waals surface area contributed by atoms with E-state index in [1.54, 1.807) is 18.2 Å². The summed E-state index contributed by atoms with van der Waals surface area (Å²) in [6, 6.07) is 7.47. The maximum Gasteiger partial charge on any atom is 0.348 e. The van der Waals surface area contributed by atoms with E-state index in [1.165, 1.54) is 13.2 Å².